The maximum Gasteiger partial charge on any atom is 0.260 e. The molecule has 0 unspecified atom stereocenters. The van der Waals surface area contributed by atoms with Crippen molar-refractivity contribution < 1.29 is 8.42 Å². The first-order valence-electron chi connectivity index (χ1n) is 5.31. The monoisotopic (exact) mass is 319 g/mol. The van der Waals surface area contributed by atoms with Crippen LogP contribution in [0.2, 0.25) is 10.0 Å². The molecule has 0 aliphatic carbocycles. The maximum atomic E-state index is 12.2. The Morgan fingerprint density at radius 2 is 2.05 bits per heavy atom. The number of rotatable bonds is 4. The van der Waals surface area contributed by atoms with E-state index in [1.165, 1.54) is 23.6 Å². The third-order valence-electron chi connectivity index (χ3n) is 2.57. The maximum absolute atomic E-state index is 12.2. The molecule has 2 rings (SSSR count). The van der Waals surface area contributed by atoms with Crippen molar-refractivity contribution in [3.63, 3.8) is 0 Å². The van der Waals surface area contributed by atoms with Crippen LogP contribution in [0.15, 0.2) is 35.5 Å². The minimum absolute atomic E-state index is 0.0417. The summed E-state index contributed by atoms with van der Waals surface area (Å²) in [5.41, 5.74) is 0.677. The van der Waals surface area contributed by atoms with E-state index < -0.39 is 10.0 Å². The van der Waals surface area contributed by atoms with Crippen LogP contribution in [0.5, 0.6) is 0 Å². The second kappa shape index (κ2) is 5.50. The van der Waals surface area contributed by atoms with Crippen LogP contribution in [0, 0.1) is 0 Å². The van der Waals surface area contributed by atoms with E-state index in [2.05, 4.69) is 10.2 Å². The van der Waals surface area contributed by atoms with Gasteiger partial charge in [-0.25, -0.2) is 8.42 Å². The van der Waals surface area contributed by atoms with Gasteiger partial charge in [-0.15, -0.1) is 0 Å². The minimum Gasteiger partial charge on any atom is -0.266 e. The number of aromatic amines is 1. The number of benzene rings is 1. The van der Waals surface area contributed by atoms with Crippen LogP contribution in [-0.4, -0.2) is 30.0 Å². The Morgan fingerprint density at radius 3 is 2.63 bits per heavy atom. The molecule has 5 nitrogen and oxygen atoms in total. The van der Waals surface area contributed by atoms with Gasteiger partial charge in [0.15, 0.2) is 5.03 Å². The lowest BCUT2D eigenvalue weighted by Crippen LogP contribution is -2.27. The molecule has 0 bridgehead atoms. The molecule has 1 N–H and O–H groups in total. The molecule has 1 aromatic carbocycles. The van der Waals surface area contributed by atoms with Gasteiger partial charge in [-0.2, -0.15) is 9.40 Å². The van der Waals surface area contributed by atoms with Gasteiger partial charge in [0.2, 0.25) is 0 Å². The Balaban J connectivity index is 2.24. The standard InChI is InChI=1S/C11H11Cl2N3O2S/c1-16(19(17,18)11-4-5-14-15-11)7-8-2-3-9(12)6-10(8)13/h2-6H,7H2,1H3,(H,14,15). The highest BCUT2D eigenvalue weighted by molar-refractivity contribution is 7.89. The van der Waals surface area contributed by atoms with E-state index in [4.69, 9.17) is 23.2 Å². The Labute approximate surface area is 121 Å². The summed E-state index contributed by atoms with van der Waals surface area (Å²) in [7, 11) is -2.12. The lowest BCUT2D eigenvalue weighted by atomic mass is 10.2. The van der Waals surface area contributed by atoms with Gasteiger partial charge in [0.1, 0.15) is 0 Å². The van der Waals surface area contributed by atoms with Crippen molar-refractivity contribution in [2.75, 3.05) is 7.05 Å². The molecule has 0 radical (unpaired) electrons. The number of halogens is 2. The highest BCUT2D eigenvalue weighted by atomic mass is 35.5. The summed E-state index contributed by atoms with van der Waals surface area (Å²) < 4.78 is 25.5. The fourth-order valence-corrected chi connectivity index (χ4v) is 3.04. The van der Waals surface area contributed by atoms with E-state index in [1.54, 1.807) is 18.2 Å². The van der Waals surface area contributed by atoms with Crippen LogP contribution in [0.3, 0.4) is 0 Å². The molecule has 0 atom stereocenters. The van der Waals surface area contributed by atoms with Crippen molar-refractivity contribution >= 4 is 33.2 Å². The average Bonchev–Trinajstić information content (AvgIpc) is 2.86. The molecule has 8 heteroatoms. The summed E-state index contributed by atoms with van der Waals surface area (Å²) in [6.07, 6.45) is 1.38. The molecule has 0 amide bonds. The molecule has 0 aliphatic heterocycles. The van der Waals surface area contributed by atoms with Gasteiger partial charge in [-0.05, 0) is 23.8 Å². The van der Waals surface area contributed by atoms with Gasteiger partial charge in [0, 0.05) is 23.6 Å². The predicted octanol–water partition coefficient (Wildman–Crippen LogP) is 2.54. The number of nitrogens with one attached hydrogen (secondary N) is 1. The Kier molecular flexibility index (Phi) is 4.15. The molecule has 102 valence electrons. The number of H-pyrrole nitrogens is 1. The average molecular weight is 320 g/mol. The fraction of sp³-hybridized carbons (Fsp3) is 0.182. The SMILES string of the molecule is CN(Cc1ccc(Cl)cc1Cl)S(=O)(=O)c1ccn[nH]1. The summed E-state index contributed by atoms with van der Waals surface area (Å²) in [5, 5.41) is 7.05. The smallest absolute Gasteiger partial charge is 0.260 e. The zero-order valence-electron chi connectivity index (χ0n) is 9.97. The van der Waals surface area contributed by atoms with E-state index in [0.29, 0.717) is 15.6 Å². The Hall–Kier alpha value is -1.08. The quantitative estimate of drug-likeness (QED) is 0.941. The topological polar surface area (TPSA) is 66.1 Å². The molecule has 0 spiro atoms. The van der Waals surface area contributed by atoms with E-state index in [0.717, 1.165) is 0 Å². The van der Waals surface area contributed by atoms with Crippen LogP contribution in [0.25, 0.3) is 0 Å². The third-order valence-corrected chi connectivity index (χ3v) is 4.89. The number of aromatic nitrogens is 2. The second-order valence-corrected chi connectivity index (χ2v) is 6.77. The lowest BCUT2D eigenvalue weighted by Gasteiger charge is -2.16. The van der Waals surface area contributed by atoms with Gasteiger partial charge >= 0.3 is 0 Å². The predicted molar refractivity (Wildman–Crippen MR) is 73.7 cm³/mol. The van der Waals surface area contributed by atoms with Crippen molar-refractivity contribution in [2.45, 2.75) is 11.6 Å². The molecular weight excluding hydrogens is 309 g/mol. The largest absolute Gasteiger partial charge is 0.266 e. The van der Waals surface area contributed by atoms with Crippen LogP contribution in [-0.2, 0) is 16.6 Å². The number of nitrogens with zero attached hydrogens (tertiary/aromatic N) is 2. The zero-order valence-corrected chi connectivity index (χ0v) is 12.3. The Bertz CT molecular complexity index is 671. The molecule has 0 saturated carbocycles. The van der Waals surface area contributed by atoms with Crippen LogP contribution in [0.1, 0.15) is 5.56 Å². The highest BCUT2D eigenvalue weighted by Crippen LogP contribution is 2.23. The minimum atomic E-state index is -3.60. The normalized spacial score (nSPS) is 12.0. The van der Waals surface area contributed by atoms with Crippen molar-refractivity contribution in [1.82, 2.24) is 14.5 Å². The van der Waals surface area contributed by atoms with Gasteiger partial charge in [0.25, 0.3) is 10.0 Å². The Morgan fingerprint density at radius 1 is 1.32 bits per heavy atom. The first-order chi connectivity index (χ1) is 8.91. The van der Waals surface area contributed by atoms with E-state index >= 15 is 0 Å². The number of sulfonamides is 1. The zero-order chi connectivity index (χ0) is 14.0. The van der Waals surface area contributed by atoms with E-state index in [9.17, 15) is 8.42 Å². The van der Waals surface area contributed by atoms with Crippen LogP contribution < -0.4 is 0 Å². The van der Waals surface area contributed by atoms with Crippen molar-refractivity contribution in [3.05, 3.63) is 46.1 Å². The molecule has 1 heterocycles. The molecule has 1 aromatic heterocycles. The molecule has 0 fully saturated rings. The van der Waals surface area contributed by atoms with E-state index in [-0.39, 0.29) is 11.6 Å². The third kappa shape index (κ3) is 3.09. The molecular formula is C11H11Cl2N3O2S. The van der Waals surface area contributed by atoms with Gasteiger partial charge < -0.3 is 0 Å². The van der Waals surface area contributed by atoms with Crippen molar-refractivity contribution in [1.29, 1.82) is 0 Å². The lowest BCUT2D eigenvalue weighted by molar-refractivity contribution is 0.463. The van der Waals surface area contributed by atoms with Crippen molar-refractivity contribution in [2.24, 2.45) is 0 Å². The number of hydrogen-bond acceptors (Lipinski definition) is 3. The molecule has 2 aromatic rings. The first-order valence-corrected chi connectivity index (χ1v) is 7.50. The molecule has 19 heavy (non-hydrogen) atoms. The van der Waals surface area contributed by atoms with Crippen LogP contribution >= 0.6 is 23.2 Å². The van der Waals surface area contributed by atoms with E-state index in [1.807, 2.05) is 0 Å². The van der Waals surface area contributed by atoms with Crippen molar-refractivity contribution in [3.8, 4) is 0 Å². The summed E-state index contributed by atoms with van der Waals surface area (Å²) >= 11 is 11.8. The first kappa shape index (κ1) is 14.3. The summed E-state index contributed by atoms with van der Waals surface area (Å²) in [5.74, 6) is 0. The highest BCUT2D eigenvalue weighted by Gasteiger charge is 2.22. The summed E-state index contributed by atoms with van der Waals surface area (Å²) in [4.78, 5) is 0. The summed E-state index contributed by atoms with van der Waals surface area (Å²) in [6, 6.07) is 6.34. The van der Waals surface area contributed by atoms with Gasteiger partial charge in [-0.3, -0.25) is 5.10 Å². The summed E-state index contributed by atoms with van der Waals surface area (Å²) in [6.45, 7) is 0.150. The molecule has 0 aliphatic rings. The number of hydrogen-bond donors (Lipinski definition) is 1. The van der Waals surface area contributed by atoms with Gasteiger partial charge in [-0.1, -0.05) is 29.3 Å². The van der Waals surface area contributed by atoms with Gasteiger partial charge in [0.05, 0.1) is 6.20 Å². The molecule has 0 saturated heterocycles. The second-order valence-electron chi connectivity index (χ2n) is 3.92. The van der Waals surface area contributed by atoms with Crippen LogP contribution in [0.4, 0.5) is 0 Å². The fourth-order valence-electron chi connectivity index (χ4n) is 1.53.